The first kappa shape index (κ1) is 15.8. The first-order valence-electron chi connectivity index (χ1n) is 8.03. The van der Waals surface area contributed by atoms with Gasteiger partial charge in [0.25, 0.3) is 0 Å². The van der Waals surface area contributed by atoms with E-state index in [-0.39, 0.29) is 0 Å². The number of nitrogens with one attached hydrogen (secondary N) is 1. The second-order valence-corrected chi connectivity index (χ2v) is 5.66. The molecular weight excluding hydrogens is 258 g/mol. The molecule has 0 aliphatic rings. The van der Waals surface area contributed by atoms with Crippen molar-refractivity contribution >= 4 is 0 Å². The topological polar surface area (TPSA) is 29.9 Å². The average molecular weight is 285 g/mol. The second-order valence-electron chi connectivity index (χ2n) is 5.66. The van der Waals surface area contributed by atoms with Crippen molar-refractivity contribution in [1.82, 2.24) is 14.9 Å². The summed E-state index contributed by atoms with van der Waals surface area (Å²) < 4.78 is 2.27. The molecule has 1 aromatic heterocycles. The summed E-state index contributed by atoms with van der Waals surface area (Å²) in [5, 5.41) is 3.50. The summed E-state index contributed by atoms with van der Waals surface area (Å²) in [5.41, 5.74) is 4.10. The van der Waals surface area contributed by atoms with Crippen molar-refractivity contribution in [2.24, 2.45) is 0 Å². The number of benzene rings is 1. The normalized spacial score (nSPS) is 11.0. The lowest BCUT2D eigenvalue weighted by molar-refractivity contribution is 0.642. The highest BCUT2D eigenvalue weighted by Crippen LogP contribution is 2.16. The Morgan fingerprint density at radius 2 is 2.00 bits per heavy atom. The van der Waals surface area contributed by atoms with E-state index in [2.05, 4.69) is 60.0 Å². The molecule has 1 N–H and O–H groups in total. The molecule has 0 aliphatic carbocycles. The van der Waals surface area contributed by atoms with Gasteiger partial charge in [-0.1, -0.05) is 37.6 Å². The van der Waals surface area contributed by atoms with Crippen LogP contribution in [-0.4, -0.2) is 16.1 Å². The molecule has 2 rings (SSSR count). The van der Waals surface area contributed by atoms with Crippen LogP contribution < -0.4 is 5.32 Å². The molecule has 1 aromatic carbocycles. The van der Waals surface area contributed by atoms with Gasteiger partial charge in [0.15, 0.2) is 0 Å². The predicted octanol–water partition coefficient (Wildman–Crippen LogP) is 3.69. The van der Waals surface area contributed by atoms with Crippen molar-refractivity contribution in [1.29, 1.82) is 0 Å². The highest BCUT2D eigenvalue weighted by atomic mass is 15.1. The molecule has 2 aromatic rings. The van der Waals surface area contributed by atoms with Gasteiger partial charge in [0.2, 0.25) is 0 Å². The maximum absolute atomic E-state index is 4.54. The Balaban J connectivity index is 2.17. The van der Waals surface area contributed by atoms with E-state index in [0.29, 0.717) is 0 Å². The largest absolute Gasteiger partial charge is 0.335 e. The Kier molecular flexibility index (Phi) is 6.00. The van der Waals surface area contributed by atoms with Gasteiger partial charge in [-0.2, -0.15) is 0 Å². The summed E-state index contributed by atoms with van der Waals surface area (Å²) >= 11 is 0. The molecule has 0 bridgehead atoms. The molecule has 0 atom stereocenters. The smallest absolute Gasteiger partial charge is 0.113 e. The fraction of sp³-hybridized carbons (Fsp3) is 0.500. The third kappa shape index (κ3) is 4.43. The van der Waals surface area contributed by atoms with Crippen LogP contribution in [0.5, 0.6) is 0 Å². The number of imidazole rings is 1. The van der Waals surface area contributed by atoms with Crippen LogP contribution in [0.3, 0.4) is 0 Å². The quantitative estimate of drug-likeness (QED) is 0.750. The highest BCUT2D eigenvalue weighted by molar-refractivity contribution is 5.33. The first-order valence-corrected chi connectivity index (χ1v) is 8.03. The number of aryl methyl sites for hydroxylation is 2. The van der Waals surface area contributed by atoms with Crippen LogP contribution in [-0.2, 0) is 19.5 Å². The van der Waals surface area contributed by atoms with Gasteiger partial charge >= 0.3 is 0 Å². The maximum atomic E-state index is 4.54. The van der Waals surface area contributed by atoms with E-state index in [4.69, 9.17) is 0 Å². The van der Waals surface area contributed by atoms with Crippen molar-refractivity contribution in [3.8, 4) is 0 Å². The first-order chi connectivity index (χ1) is 10.2. The third-order valence-corrected chi connectivity index (χ3v) is 3.72. The number of nitrogens with zero attached hydrogens (tertiary/aromatic N) is 2. The van der Waals surface area contributed by atoms with E-state index >= 15 is 0 Å². The monoisotopic (exact) mass is 285 g/mol. The predicted molar refractivity (Wildman–Crippen MR) is 88.5 cm³/mol. The molecule has 0 fully saturated rings. The van der Waals surface area contributed by atoms with Gasteiger partial charge in [0, 0.05) is 31.9 Å². The van der Waals surface area contributed by atoms with Gasteiger partial charge in [-0.3, -0.25) is 0 Å². The maximum Gasteiger partial charge on any atom is 0.113 e. The summed E-state index contributed by atoms with van der Waals surface area (Å²) in [6, 6.07) is 6.75. The number of aromatic nitrogens is 2. The zero-order valence-corrected chi connectivity index (χ0v) is 13.5. The van der Waals surface area contributed by atoms with Gasteiger partial charge in [-0.25, -0.2) is 4.98 Å². The molecule has 0 amide bonds. The minimum absolute atomic E-state index is 0.915. The Hall–Kier alpha value is -1.61. The van der Waals surface area contributed by atoms with Crippen LogP contribution in [0.2, 0.25) is 0 Å². The van der Waals surface area contributed by atoms with E-state index in [1.54, 1.807) is 0 Å². The molecular formula is C18H27N3. The number of hydrogen-bond acceptors (Lipinski definition) is 2. The summed E-state index contributed by atoms with van der Waals surface area (Å²) in [6.45, 7) is 9.62. The molecule has 0 radical (unpaired) electrons. The van der Waals surface area contributed by atoms with Crippen LogP contribution in [0.25, 0.3) is 0 Å². The standard InChI is InChI=1S/C18H27N3/c1-4-8-19-14-16-7-6-15(3)12-17(16)13-18-20-9-11-21(18)10-5-2/h6-7,9,11-12,19H,4-5,8,10,13-14H2,1-3H3. The Labute approximate surface area is 128 Å². The van der Waals surface area contributed by atoms with Gasteiger partial charge in [0.1, 0.15) is 5.82 Å². The van der Waals surface area contributed by atoms with E-state index < -0.39 is 0 Å². The summed E-state index contributed by atoms with van der Waals surface area (Å²) in [6.07, 6.45) is 7.22. The molecule has 0 saturated heterocycles. The van der Waals surface area contributed by atoms with Crippen LogP contribution in [0.4, 0.5) is 0 Å². The molecule has 1 heterocycles. The lowest BCUT2D eigenvalue weighted by atomic mass is 10.0. The van der Waals surface area contributed by atoms with Gasteiger partial charge in [-0.15, -0.1) is 0 Å². The Bertz CT molecular complexity index is 557. The zero-order valence-electron chi connectivity index (χ0n) is 13.5. The molecule has 21 heavy (non-hydrogen) atoms. The average Bonchev–Trinajstić information content (AvgIpc) is 2.89. The third-order valence-electron chi connectivity index (χ3n) is 3.72. The van der Waals surface area contributed by atoms with Crippen molar-refractivity contribution < 1.29 is 0 Å². The molecule has 0 saturated carbocycles. The van der Waals surface area contributed by atoms with E-state index in [1.807, 2.05) is 6.20 Å². The van der Waals surface area contributed by atoms with E-state index in [1.165, 1.54) is 28.9 Å². The lowest BCUT2D eigenvalue weighted by Crippen LogP contribution is -2.15. The molecule has 3 heteroatoms. The van der Waals surface area contributed by atoms with Gasteiger partial charge in [-0.05, 0) is 37.4 Å². The van der Waals surface area contributed by atoms with Crippen LogP contribution in [0, 0.1) is 6.92 Å². The minimum atomic E-state index is 0.915. The molecule has 3 nitrogen and oxygen atoms in total. The second kappa shape index (κ2) is 7.99. The van der Waals surface area contributed by atoms with Crippen LogP contribution in [0.15, 0.2) is 30.6 Å². The summed E-state index contributed by atoms with van der Waals surface area (Å²) in [5.74, 6) is 1.17. The number of hydrogen-bond donors (Lipinski definition) is 1. The van der Waals surface area contributed by atoms with Gasteiger partial charge in [0.05, 0.1) is 0 Å². The van der Waals surface area contributed by atoms with Crippen molar-refractivity contribution in [3.05, 3.63) is 53.1 Å². The summed E-state index contributed by atoms with van der Waals surface area (Å²) in [7, 11) is 0. The lowest BCUT2D eigenvalue weighted by Gasteiger charge is -2.13. The fourth-order valence-electron chi connectivity index (χ4n) is 2.61. The zero-order chi connectivity index (χ0) is 15.1. The molecule has 114 valence electrons. The molecule has 0 unspecified atom stereocenters. The fourth-order valence-corrected chi connectivity index (χ4v) is 2.61. The molecule has 0 spiro atoms. The SMILES string of the molecule is CCCNCc1ccc(C)cc1Cc1nccn1CCC. The van der Waals surface area contributed by atoms with Crippen molar-refractivity contribution in [2.45, 2.75) is 53.1 Å². The summed E-state index contributed by atoms with van der Waals surface area (Å²) in [4.78, 5) is 4.54. The van der Waals surface area contributed by atoms with Crippen molar-refractivity contribution in [2.75, 3.05) is 6.54 Å². The van der Waals surface area contributed by atoms with Crippen molar-refractivity contribution in [3.63, 3.8) is 0 Å². The number of rotatable bonds is 8. The molecule has 0 aliphatic heterocycles. The van der Waals surface area contributed by atoms with Gasteiger partial charge < -0.3 is 9.88 Å². The Morgan fingerprint density at radius 3 is 2.76 bits per heavy atom. The highest BCUT2D eigenvalue weighted by Gasteiger charge is 2.08. The minimum Gasteiger partial charge on any atom is -0.335 e. The van der Waals surface area contributed by atoms with Crippen LogP contribution >= 0.6 is 0 Å². The van der Waals surface area contributed by atoms with Crippen LogP contribution in [0.1, 0.15) is 49.2 Å². The van der Waals surface area contributed by atoms with E-state index in [9.17, 15) is 0 Å². The Morgan fingerprint density at radius 1 is 1.14 bits per heavy atom. The van der Waals surface area contributed by atoms with E-state index in [0.717, 1.165) is 32.5 Å².